The molecule has 4 heteroatoms. The average Bonchev–Trinajstić information content (AvgIpc) is 2.69. The number of hydrogen-bond acceptors (Lipinski definition) is 3. The molecule has 0 bridgehead atoms. The van der Waals surface area contributed by atoms with Gasteiger partial charge >= 0.3 is 0 Å². The second-order valence-corrected chi connectivity index (χ2v) is 4.00. The molecule has 0 aromatic carbocycles. The van der Waals surface area contributed by atoms with Crippen molar-refractivity contribution in [3.63, 3.8) is 0 Å². The van der Waals surface area contributed by atoms with Crippen LogP contribution in [0, 0.1) is 0 Å². The third-order valence-electron chi connectivity index (χ3n) is 2.50. The molecule has 1 rings (SSSR count). The largest absolute Gasteiger partial charge is 0.393 e. The fraction of sp³-hybridized carbons (Fsp3) is 0.667. The summed E-state index contributed by atoms with van der Waals surface area (Å²) in [7, 11) is 1.70. The summed E-state index contributed by atoms with van der Waals surface area (Å²) in [6, 6.07) is 4.14. The van der Waals surface area contributed by atoms with Crippen LogP contribution < -0.4 is 5.32 Å². The average molecular weight is 226 g/mol. The molecule has 0 aliphatic rings. The molecule has 0 amide bonds. The van der Waals surface area contributed by atoms with E-state index in [-0.39, 0.29) is 6.10 Å². The van der Waals surface area contributed by atoms with Crippen molar-refractivity contribution in [1.29, 1.82) is 0 Å². The number of rotatable bonds is 8. The highest BCUT2D eigenvalue weighted by Crippen LogP contribution is 2.04. The Bertz CT molecular complexity index is 284. The Morgan fingerprint density at radius 3 is 3.06 bits per heavy atom. The minimum Gasteiger partial charge on any atom is -0.393 e. The van der Waals surface area contributed by atoms with Crippen LogP contribution in [0.2, 0.25) is 0 Å². The first kappa shape index (κ1) is 13.2. The molecule has 0 radical (unpaired) electrons. The molecule has 92 valence electrons. The topological polar surface area (TPSA) is 46.4 Å². The van der Waals surface area contributed by atoms with E-state index in [2.05, 4.69) is 22.1 Å². The van der Waals surface area contributed by atoms with E-state index in [1.807, 2.05) is 13.0 Å². The smallest absolute Gasteiger partial charge is 0.0587 e. The van der Waals surface area contributed by atoms with Crippen LogP contribution in [0.15, 0.2) is 18.3 Å². The fourth-order valence-corrected chi connectivity index (χ4v) is 1.54. The second-order valence-electron chi connectivity index (χ2n) is 4.00. The van der Waals surface area contributed by atoms with Gasteiger partial charge in [-0.1, -0.05) is 0 Å². The number of aliphatic hydroxyl groups excluding tert-OH is 1. The zero-order valence-electron chi connectivity index (χ0n) is 10.1. The molecule has 1 atom stereocenters. The van der Waals surface area contributed by atoms with E-state index in [4.69, 9.17) is 4.74 Å². The van der Waals surface area contributed by atoms with Gasteiger partial charge in [-0.25, -0.2) is 0 Å². The Morgan fingerprint density at radius 1 is 1.56 bits per heavy atom. The number of nitrogens with one attached hydrogen (secondary N) is 1. The summed E-state index contributed by atoms with van der Waals surface area (Å²) < 4.78 is 7.14. The lowest BCUT2D eigenvalue weighted by molar-refractivity contribution is 0.177. The fourth-order valence-electron chi connectivity index (χ4n) is 1.54. The first-order valence-electron chi connectivity index (χ1n) is 5.75. The third kappa shape index (κ3) is 4.79. The van der Waals surface area contributed by atoms with Crippen molar-refractivity contribution < 1.29 is 9.84 Å². The van der Waals surface area contributed by atoms with Crippen molar-refractivity contribution in [3.8, 4) is 0 Å². The highest BCUT2D eigenvalue weighted by atomic mass is 16.5. The Hall–Kier alpha value is -0.840. The number of aliphatic hydroxyl groups is 1. The van der Waals surface area contributed by atoms with E-state index in [1.54, 1.807) is 7.11 Å². The summed E-state index contributed by atoms with van der Waals surface area (Å²) in [5.74, 6) is 0. The molecule has 1 aromatic heterocycles. The van der Waals surface area contributed by atoms with E-state index >= 15 is 0 Å². The van der Waals surface area contributed by atoms with Crippen LogP contribution in [0.25, 0.3) is 0 Å². The zero-order chi connectivity index (χ0) is 11.8. The van der Waals surface area contributed by atoms with Gasteiger partial charge in [0, 0.05) is 38.6 Å². The number of ether oxygens (including phenoxy) is 1. The number of hydrogen-bond donors (Lipinski definition) is 2. The minimum atomic E-state index is -0.239. The molecule has 16 heavy (non-hydrogen) atoms. The highest BCUT2D eigenvalue weighted by molar-refractivity contribution is 5.06. The van der Waals surface area contributed by atoms with Crippen LogP contribution in [0.4, 0.5) is 0 Å². The van der Waals surface area contributed by atoms with Gasteiger partial charge in [0.2, 0.25) is 0 Å². The van der Waals surface area contributed by atoms with Crippen molar-refractivity contribution in [3.05, 3.63) is 24.0 Å². The molecule has 0 aliphatic carbocycles. The number of nitrogens with zero attached hydrogens (tertiary/aromatic N) is 1. The van der Waals surface area contributed by atoms with Crippen LogP contribution in [0.1, 0.15) is 19.0 Å². The van der Waals surface area contributed by atoms with Crippen molar-refractivity contribution in [2.24, 2.45) is 0 Å². The van der Waals surface area contributed by atoms with Gasteiger partial charge in [0.1, 0.15) is 0 Å². The lowest BCUT2D eigenvalue weighted by atomic mass is 10.3. The lowest BCUT2D eigenvalue weighted by Crippen LogP contribution is -2.20. The van der Waals surface area contributed by atoms with Crippen molar-refractivity contribution in [2.45, 2.75) is 32.5 Å². The Labute approximate surface area is 97.2 Å². The predicted molar refractivity (Wildman–Crippen MR) is 64.3 cm³/mol. The minimum absolute atomic E-state index is 0.239. The van der Waals surface area contributed by atoms with Crippen molar-refractivity contribution in [2.75, 3.05) is 20.3 Å². The summed E-state index contributed by atoms with van der Waals surface area (Å²) >= 11 is 0. The van der Waals surface area contributed by atoms with E-state index in [0.29, 0.717) is 0 Å². The van der Waals surface area contributed by atoms with Crippen LogP contribution in [0.5, 0.6) is 0 Å². The molecule has 1 unspecified atom stereocenters. The summed E-state index contributed by atoms with van der Waals surface area (Å²) in [5.41, 5.74) is 1.25. The van der Waals surface area contributed by atoms with Gasteiger partial charge in [-0.05, 0) is 25.5 Å². The first-order valence-corrected chi connectivity index (χ1v) is 5.75. The number of aromatic nitrogens is 1. The van der Waals surface area contributed by atoms with Gasteiger partial charge in [0.05, 0.1) is 12.7 Å². The van der Waals surface area contributed by atoms with Crippen LogP contribution in [0.3, 0.4) is 0 Å². The number of methoxy groups -OCH3 is 1. The molecule has 0 saturated carbocycles. The standard InChI is InChI=1S/C12H22N2O2/c1-11(15)5-8-14-7-3-4-12(14)10-13-6-9-16-2/h3-4,7,11,13,15H,5-6,8-10H2,1-2H3. The molecule has 1 heterocycles. The SMILES string of the molecule is COCCNCc1cccn1CCC(C)O. The molecular formula is C12H22N2O2. The molecule has 2 N–H and O–H groups in total. The first-order chi connectivity index (χ1) is 7.74. The van der Waals surface area contributed by atoms with Gasteiger partial charge in [0.15, 0.2) is 0 Å². The Balaban J connectivity index is 2.32. The molecule has 0 aliphatic heterocycles. The van der Waals surface area contributed by atoms with E-state index < -0.39 is 0 Å². The molecule has 4 nitrogen and oxygen atoms in total. The molecular weight excluding hydrogens is 204 g/mol. The van der Waals surface area contributed by atoms with Crippen molar-refractivity contribution >= 4 is 0 Å². The van der Waals surface area contributed by atoms with Crippen molar-refractivity contribution in [1.82, 2.24) is 9.88 Å². The van der Waals surface area contributed by atoms with Gasteiger partial charge in [-0.3, -0.25) is 0 Å². The third-order valence-corrected chi connectivity index (χ3v) is 2.50. The maximum atomic E-state index is 9.24. The van der Waals surface area contributed by atoms with Gasteiger partial charge in [-0.2, -0.15) is 0 Å². The van der Waals surface area contributed by atoms with E-state index in [1.165, 1.54) is 5.69 Å². The van der Waals surface area contributed by atoms with Crippen LogP contribution in [-0.2, 0) is 17.8 Å². The lowest BCUT2D eigenvalue weighted by Gasteiger charge is -2.11. The van der Waals surface area contributed by atoms with Crippen LogP contribution in [-0.4, -0.2) is 36.0 Å². The monoisotopic (exact) mass is 226 g/mol. The Kier molecular flexibility index (Phi) is 6.15. The quantitative estimate of drug-likeness (QED) is 0.650. The number of aryl methyl sites for hydroxylation is 1. The summed E-state index contributed by atoms with van der Waals surface area (Å²) in [5, 5.41) is 12.6. The van der Waals surface area contributed by atoms with E-state index in [0.717, 1.165) is 32.7 Å². The molecule has 0 saturated heterocycles. The second kappa shape index (κ2) is 7.44. The van der Waals surface area contributed by atoms with E-state index in [9.17, 15) is 5.11 Å². The Morgan fingerprint density at radius 2 is 2.38 bits per heavy atom. The maximum Gasteiger partial charge on any atom is 0.0587 e. The molecule has 1 aromatic rings. The summed E-state index contributed by atoms with van der Waals surface area (Å²) in [6.45, 7) is 5.12. The van der Waals surface area contributed by atoms with Crippen LogP contribution >= 0.6 is 0 Å². The molecule has 0 fully saturated rings. The molecule has 0 spiro atoms. The van der Waals surface area contributed by atoms with Gasteiger partial charge < -0.3 is 19.7 Å². The maximum absolute atomic E-state index is 9.24. The van der Waals surface area contributed by atoms with Gasteiger partial charge in [0.25, 0.3) is 0 Å². The van der Waals surface area contributed by atoms with Gasteiger partial charge in [-0.15, -0.1) is 0 Å². The summed E-state index contributed by atoms with van der Waals surface area (Å²) in [4.78, 5) is 0. The normalized spacial score (nSPS) is 12.9. The summed E-state index contributed by atoms with van der Waals surface area (Å²) in [6.07, 6.45) is 2.60. The predicted octanol–water partition coefficient (Wildman–Crippen LogP) is 0.995. The zero-order valence-corrected chi connectivity index (χ0v) is 10.1. The highest BCUT2D eigenvalue weighted by Gasteiger charge is 2.02.